The molecule has 0 radical (unpaired) electrons. The molecule has 0 aromatic carbocycles. The summed E-state index contributed by atoms with van der Waals surface area (Å²) >= 11 is 0. The highest BCUT2D eigenvalue weighted by molar-refractivity contribution is 5.71. The second-order valence-electron chi connectivity index (χ2n) is 19.2. The van der Waals surface area contributed by atoms with Gasteiger partial charge in [-0.15, -0.1) is 0 Å². The average Bonchev–Trinajstić information content (AvgIpc) is 3.34. The standard InChI is InChI=1S/C62H108O6/c1-4-7-10-13-16-19-22-25-28-30-31-32-35-37-40-43-46-49-52-55-61(64)67-58-59(57-66-60(63)54-51-48-45-42-39-36-33-27-24-21-18-15-12-9-6-3)68-62(65)56-53-50-47-44-41-38-34-29-26-23-20-17-14-11-8-5-2/h7,10,16,19,25,28,31-32,37,40,46,49,59H,4-6,8-9,11-15,17-18,20-24,26-27,29-30,33-36,38-39,41-45,47-48,50-58H2,1-3H3/b10-7+,19-16+,28-25+,32-31+,40-37+,49-46+/t59-/m1/s1. The molecule has 0 aliphatic rings. The van der Waals surface area contributed by atoms with Crippen LogP contribution in [0.4, 0.5) is 0 Å². The molecule has 0 spiro atoms. The number of rotatable bonds is 52. The minimum atomic E-state index is -0.802. The van der Waals surface area contributed by atoms with Gasteiger partial charge in [0.25, 0.3) is 0 Å². The van der Waals surface area contributed by atoms with Crippen LogP contribution in [-0.2, 0) is 28.6 Å². The average molecular weight is 950 g/mol. The Labute approximate surface area is 421 Å². The molecule has 0 amide bonds. The summed E-state index contributed by atoms with van der Waals surface area (Å²) in [5.41, 5.74) is 0. The molecule has 0 fully saturated rings. The van der Waals surface area contributed by atoms with Crippen LogP contribution in [0, 0.1) is 0 Å². The molecule has 0 saturated heterocycles. The first-order valence-electron chi connectivity index (χ1n) is 28.9. The Morgan fingerprint density at radius 2 is 0.574 bits per heavy atom. The van der Waals surface area contributed by atoms with Crippen LogP contribution in [0.15, 0.2) is 72.9 Å². The number of unbranched alkanes of at least 4 members (excludes halogenated alkanes) is 29. The van der Waals surface area contributed by atoms with Gasteiger partial charge in [0.2, 0.25) is 0 Å². The fourth-order valence-corrected chi connectivity index (χ4v) is 8.18. The van der Waals surface area contributed by atoms with Crippen molar-refractivity contribution in [3.63, 3.8) is 0 Å². The summed E-state index contributed by atoms with van der Waals surface area (Å²) < 4.78 is 16.8. The van der Waals surface area contributed by atoms with Crippen LogP contribution >= 0.6 is 0 Å². The molecule has 0 rings (SSSR count). The Morgan fingerprint density at radius 3 is 0.897 bits per heavy atom. The third-order valence-corrected chi connectivity index (χ3v) is 12.5. The summed E-state index contributed by atoms with van der Waals surface area (Å²) in [6, 6.07) is 0. The van der Waals surface area contributed by atoms with Crippen molar-refractivity contribution in [2.75, 3.05) is 13.2 Å². The first kappa shape index (κ1) is 64.8. The molecule has 0 bridgehead atoms. The molecule has 392 valence electrons. The minimum absolute atomic E-state index is 0.0945. The fourth-order valence-electron chi connectivity index (χ4n) is 8.18. The topological polar surface area (TPSA) is 78.9 Å². The van der Waals surface area contributed by atoms with Crippen molar-refractivity contribution in [2.24, 2.45) is 0 Å². The predicted molar refractivity (Wildman–Crippen MR) is 293 cm³/mol. The monoisotopic (exact) mass is 949 g/mol. The predicted octanol–water partition coefficient (Wildman–Crippen LogP) is 19.4. The summed E-state index contributed by atoms with van der Waals surface area (Å²) in [4.78, 5) is 38.1. The normalized spacial score (nSPS) is 12.6. The van der Waals surface area contributed by atoms with E-state index in [2.05, 4.69) is 87.6 Å². The zero-order chi connectivity index (χ0) is 49.3. The lowest BCUT2D eigenvalue weighted by molar-refractivity contribution is -0.166. The highest BCUT2D eigenvalue weighted by atomic mass is 16.6. The second-order valence-corrected chi connectivity index (χ2v) is 19.2. The van der Waals surface area contributed by atoms with Gasteiger partial charge in [0.05, 0.1) is 0 Å². The van der Waals surface area contributed by atoms with E-state index in [1.807, 2.05) is 6.08 Å². The molecule has 0 aliphatic carbocycles. The SMILES string of the molecule is CC/C=C/C/C=C/C/C=C/C/C=C/C/C=C/C/C=C/CCC(=O)OC[C@@H](COC(=O)CCCCCCCCCCCCCCCCC)OC(=O)CCCCCCCCCCCCCCCCCC. The summed E-state index contributed by atoms with van der Waals surface area (Å²) in [6.07, 6.45) is 71.9. The summed E-state index contributed by atoms with van der Waals surface area (Å²) in [7, 11) is 0. The molecular formula is C62H108O6. The maximum atomic E-state index is 12.9. The summed E-state index contributed by atoms with van der Waals surface area (Å²) in [5.74, 6) is -0.970. The lowest BCUT2D eigenvalue weighted by Crippen LogP contribution is -2.30. The van der Waals surface area contributed by atoms with Gasteiger partial charge >= 0.3 is 17.9 Å². The van der Waals surface area contributed by atoms with E-state index in [4.69, 9.17) is 14.2 Å². The van der Waals surface area contributed by atoms with Gasteiger partial charge in [-0.2, -0.15) is 0 Å². The first-order valence-corrected chi connectivity index (χ1v) is 28.9. The molecule has 0 heterocycles. The van der Waals surface area contributed by atoms with Gasteiger partial charge in [-0.1, -0.05) is 280 Å². The van der Waals surface area contributed by atoms with Crippen LogP contribution in [-0.4, -0.2) is 37.2 Å². The van der Waals surface area contributed by atoms with Crippen LogP contribution < -0.4 is 0 Å². The number of hydrogen-bond donors (Lipinski definition) is 0. The van der Waals surface area contributed by atoms with Crippen LogP contribution in [0.3, 0.4) is 0 Å². The molecule has 0 aromatic heterocycles. The van der Waals surface area contributed by atoms with Gasteiger partial charge in [-0.05, 0) is 57.8 Å². The zero-order valence-electron chi connectivity index (χ0n) is 44.9. The first-order chi connectivity index (χ1) is 33.5. The second kappa shape index (κ2) is 56.4. The van der Waals surface area contributed by atoms with E-state index < -0.39 is 6.10 Å². The zero-order valence-corrected chi connectivity index (χ0v) is 44.9. The molecule has 0 saturated carbocycles. The summed E-state index contributed by atoms with van der Waals surface area (Å²) in [5, 5.41) is 0. The van der Waals surface area contributed by atoms with Crippen LogP contribution in [0.1, 0.15) is 284 Å². The van der Waals surface area contributed by atoms with E-state index in [-0.39, 0.29) is 37.5 Å². The number of carbonyl (C=O) groups is 3. The van der Waals surface area contributed by atoms with Crippen molar-refractivity contribution in [2.45, 2.75) is 290 Å². The van der Waals surface area contributed by atoms with Crippen LogP contribution in [0.2, 0.25) is 0 Å². The highest BCUT2D eigenvalue weighted by Crippen LogP contribution is 2.16. The smallest absolute Gasteiger partial charge is 0.306 e. The van der Waals surface area contributed by atoms with E-state index in [9.17, 15) is 14.4 Å². The molecule has 6 heteroatoms. The summed E-state index contributed by atoms with van der Waals surface area (Å²) in [6.45, 7) is 6.49. The lowest BCUT2D eigenvalue weighted by atomic mass is 10.0. The van der Waals surface area contributed by atoms with Gasteiger partial charge in [0.15, 0.2) is 6.10 Å². The van der Waals surface area contributed by atoms with Gasteiger partial charge in [0, 0.05) is 19.3 Å². The third-order valence-electron chi connectivity index (χ3n) is 12.5. The molecule has 0 aromatic rings. The van der Waals surface area contributed by atoms with Gasteiger partial charge in [-0.3, -0.25) is 14.4 Å². The Kier molecular flexibility index (Phi) is 53.8. The van der Waals surface area contributed by atoms with Crippen molar-refractivity contribution >= 4 is 17.9 Å². The number of esters is 3. The molecule has 0 aliphatic heterocycles. The molecule has 6 nitrogen and oxygen atoms in total. The highest BCUT2D eigenvalue weighted by Gasteiger charge is 2.19. The fraction of sp³-hybridized carbons (Fsp3) is 0.758. The van der Waals surface area contributed by atoms with Crippen molar-refractivity contribution < 1.29 is 28.6 Å². The number of ether oxygens (including phenoxy) is 3. The molecule has 68 heavy (non-hydrogen) atoms. The Hall–Kier alpha value is -3.15. The van der Waals surface area contributed by atoms with Crippen molar-refractivity contribution in [3.05, 3.63) is 72.9 Å². The van der Waals surface area contributed by atoms with Crippen LogP contribution in [0.25, 0.3) is 0 Å². The van der Waals surface area contributed by atoms with Crippen LogP contribution in [0.5, 0.6) is 0 Å². The number of allylic oxidation sites excluding steroid dienone is 12. The van der Waals surface area contributed by atoms with Gasteiger partial charge in [-0.25, -0.2) is 0 Å². The third kappa shape index (κ3) is 53.8. The van der Waals surface area contributed by atoms with E-state index >= 15 is 0 Å². The molecular weight excluding hydrogens is 841 g/mol. The Bertz CT molecular complexity index is 1270. The van der Waals surface area contributed by atoms with E-state index in [1.165, 1.54) is 161 Å². The number of carbonyl (C=O) groups excluding carboxylic acids is 3. The maximum Gasteiger partial charge on any atom is 0.306 e. The van der Waals surface area contributed by atoms with Crippen molar-refractivity contribution in [3.8, 4) is 0 Å². The largest absolute Gasteiger partial charge is 0.462 e. The van der Waals surface area contributed by atoms with E-state index in [0.717, 1.165) is 77.0 Å². The van der Waals surface area contributed by atoms with E-state index in [1.54, 1.807) is 0 Å². The lowest BCUT2D eigenvalue weighted by Gasteiger charge is -2.18. The van der Waals surface area contributed by atoms with Crippen molar-refractivity contribution in [1.82, 2.24) is 0 Å². The Morgan fingerprint density at radius 1 is 0.309 bits per heavy atom. The van der Waals surface area contributed by atoms with Crippen molar-refractivity contribution in [1.29, 1.82) is 0 Å². The molecule has 0 unspecified atom stereocenters. The van der Waals surface area contributed by atoms with E-state index in [0.29, 0.717) is 19.3 Å². The van der Waals surface area contributed by atoms with Gasteiger partial charge in [0.1, 0.15) is 13.2 Å². The van der Waals surface area contributed by atoms with Gasteiger partial charge < -0.3 is 14.2 Å². The maximum absolute atomic E-state index is 12.9. The molecule has 0 N–H and O–H groups in total. The Balaban J connectivity index is 4.46. The quantitative estimate of drug-likeness (QED) is 0.0262. The number of hydrogen-bond acceptors (Lipinski definition) is 6. The molecule has 1 atom stereocenters. The minimum Gasteiger partial charge on any atom is -0.462 e.